The second-order valence-electron chi connectivity index (χ2n) is 3.18. The molecule has 0 aliphatic heterocycles. The molecule has 0 radical (unpaired) electrons. The van der Waals surface area contributed by atoms with E-state index in [0.29, 0.717) is 0 Å². The van der Waals surface area contributed by atoms with Crippen molar-refractivity contribution in [3.05, 3.63) is 33.9 Å². The monoisotopic (exact) mass is 288 g/mol. The molecule has 8 heteroatoms. The number of hydrogen-bond acceptors (Lipinski definition) is 5. The third-order valence-corrected chi connectivity index (χ3v) is 3.31. The number of hydrogen-bond donors (Lipinski definition) is 1. The largest absolute Gasteiger partial charge is 0.309 e. The quantitative estimate of drug-likeness (QED) is 0.389. The lowest BCUT2D eigenvalue weighted by molar-refractivity contribution is -0.385. The second-order valence-corrected chi connectivity index (χ2v) is 5.71. The summed E-state index contributed by atoms with van der Waals surface area (Å²) in [5, 5.41) is 13.5. The maximum absolute atomic E-state index is 11.3. The first-order valence-corrected chi connectivity index (χ1v) is 7.04. The van der Waals surface area contributed by atoms with E-state index in [1.54, 1.807) is 7.05 Å². The molecule has 0 aromatic heterocycles. The van der Waals surface area contributed by atoms with Crippen molar-refractivity contribution >= 4 is 25.4 Å². The number of rotatable bonds is 3. The van der Waals surface area contributed by atoms with E-state index in [-0.39, 0.29) is 22.7 Å². The Labute approximate surface area is 109 Å². The summed E-state index contributed by atoms with van der Waals surface area (Å²) in [7, 11) is 2.78. The fourth-order valence-corrected chi connectivity index (χ4v) is 2.25. The summed E-state index contributed by atoms with van der Waals surface area (Å²) in [6.45, 7) is 0.272. The summed E-state index contributed by atoms with van der Waals surface area (Å²) in [6.07, 6.45) is 0. The summed E-state index contributed by atoms with van der Waals surface area (Å²) in [6, 6.07) is 3.60. The van der Waals surface area contributed by atoms with E-state index in [0.717, 1.165) is 0 Å². The molecule has 1 aromatic rings. The third kappa shape index (κ3) is 3.43. The smallest absolute Gasteiger partial charge is 0.286 e. The van der Waals surface area contributed by atoms with Crippen molar-refractivity contribution in [2.45, 2.75) is 4.90 Å². The standard InChI is InChI=1S/C10H9ClN2O4S/c1-12-7-3-4-8-9(13(14)15)5-2-6-10(8)18(11,16)17/h2,5-6,12H,7H2,1H3. The molecule has 96 valence electrons. The minimum absolute atomic E-state index is 0.201. The van der Waals surface area contributed by atoms with Gasteiger partial charge in [0.05, 0.1) is 11.5 Å². The lowest BCUT2D eigenvalue weighted by Crippen LogP contribution is -2.05. The van der Waals surface area contributed by atoms with Crippen LogP contribution in [0.25, 0.3) is 0 Å². The zero-order chi connectivity index (χ0) is 13.8. The van der Waals surface area contributed by atoms with Crippen molar-refractivity contribution in [1.82, 2.24) is 5.32 Å². The highest BCUT2D eigenvalue weighted by atomic mass is 35.7. The van der Waals surface area contributed by atoms with Gasteiger partial charge in [-0.25, -0.2) is 8.42 Å². The molecule has 0 heterocycles. The normalized spacial score (nSPS) is 10.6. The van der Waals surface area contributed by atoms with E-state index in [1.807, 2.05) is 0 Å². The number of halogens is 1. The zero-order valence-electron chi connectivity index (χ0n) is 9.31. The first-order valence-electron chi connectivity index (χ1n) is 4.73. The van der Waals surface area contributed by atoms with E-state index >= 15 is 0 Å². The van der Waals surface area contributed by atoms with Crippen LogP contribution < -0.4 is 5.32 Å². The van der Waals surface area contributed by atoms with E-state index in [1.165, 1.54) is 18.2 Å². The highest BCUT2D eigenvalue weighted by Crippen LogP contribution is 2.27. The molecule has 0 saturated heterocycles. The Morgan fingerprint density at radius 1 is 1.50 bits per heavy atom. The van der Waals surface area contributed by atoms with Gasteiger partial charge in [-0.15, -0.1) is 0 Å². The Bertz CT molecular complexity index is 631. The fraction of sp³-hybridized carbons (Fsp3) is 0.200. The van der Waals surface area contributed by atoms with Crippen LogP contribution in [0.3, 0.4) is 0 Å². The van der Waals surface area contributed by atoms with E-state index < -0.39 is 14.0 Å². The van der Waals surface area contributed by atoms with Crippen LogP contribution in [0, 0.1) is 22.0 Å². The summed E-state index contributed by atoms with van der Waals surface area (Å²) in [4.78, 5) is 9.76. The minimum atomic E-state index is -4.08. The van der Waals surface area contributed by atoms with Crippen molar-refractivity contribution < 1.29 is 13.3 Å². The lowest BCUT2D eigenvalue weighted by Gasteiger charge is -2.01. The Morgan fingerprint density at radius 3 is 2.67 bits per heavy atom. The molecule has 0 aliphatic carbocycles. The van der Waals surface area contributed by atoms with Gasteiger partial charge in [0, 0.05) is 16.7 Å². The molecule has 1 rings (SSSR count). The van der Waals surface area contributed by atoms with Crippen LogP contribution in [-0.2, 0) is 9.05 Å². The molecule has 18 heavy (non-hydrogen) atoms. The molecule has 0 aliphatic rings. The average Bonchev–Trinajstić information content (AvgIpc) is 2.27. The van der Waals surface area contributed by atoms with Gasteiger partial charge >= 0.3 is 0 Å². The third-order valence-electron chi connectivity index (χ3n) is 1.94. The van der Waals surface area contributed by atoms with Crippen LogP contribution in [0.2, 0.25) is 0 Å². The van der Waals surface area contributed by atoms with Gasteiger partial charge in [-0.1, -0.05) is 17.9 Å². The predicted octanol–water partition coefficient (Wildman–Crippen LogP) is 1.09. The Hall–Kier alpha value is -1.62. The molecule has 0 spiro atoms. The highest BCUT2D eigenvalue weighted by Gasteiger charge is 2.22. The first kappa shape index (κ1) is 14.4. The summed E-state index contributed by atoms with van der Waals surface area (Å²) < 4.78 is 22.6. The molecular weight excluding hydrogens is 280 g/mol. The van der Waals surface area contributed by atoms with Crippen molar-refractivity contribution in [3.63, 3.8) is 0 Å². The molecule has 6 nitrogen and oxygen atoms in total. The maximum atomic E-state index is 11.3. The van der Waals surface area contributed by atoms with Crippen LogP contribution in [0.15, 0.2) is 23.1 Å². The van der Waals surface area contributed by atoms with E-state index in [2.05, 4.69) is 17.2 Å². The summed E-state index contributed by atoms with van der Waals surface area (Å²) in [5.74, 6) is 5.02. The number of nitro groups is 1. The lowest BCUT2D eigenvalue weighted by atomic mass is 10.2. The van der Waals surface area contributed by atoms with E-state index in [9.17, 15) is 18.5 Å². The van der Waals surface area contributed by atoms with Gasteiger partial charge in [-0.05, 0) is 13.1 Å². The first-order chi connectivity index (χ1) is 8.38. The number of nitrogens with zero attached hydrogens (tertiary/aromatic N) is 1. The van der Waals surface area contributed by atoms with Crippen LogP contribution in [0.1, 0.15) is 5.56 Å². The molecule has 0 bridgehead atoms. The SMILES string of the molecule is CNCC#Cc1c([N+](=O)[O-])cccc1S(=O)(=O)Cl. The van der Waals surface area contributed by atoms with Crippen LogP contribution in [0.4, 0.5) is 5.69 Å². The Balaban J connectivity index is 3.51. The number of benzene rings is 1. The Morgan fingerprint density at radius 2 is 2.17 bits per heavy atom. The van der Waals surface area contributed by atoms with Crippen molar-refractivity contribution in [1.29, 1.82) is 0 Å². The van der Waals surface area contributed by atoms with Gasteiger partial charge in [0.25, 0.3) is 14.7 Å². The van der Waals surface area contributed by atoms with Crippen molar-refractivity contribution in [2.75, 3.05) is 13.6 Å². The minimum Gasteiger partial charge on any atom is -0.309 e. The van der Waals surface area contributed by atoms with Crippen molar-refractivity contribution in [2.24, 2.45) is 0 Å². The fourth-order valence-electron chi connectivity index (χ4n) is 1.22. The highest BCUT2D eigenvalue weighted by molar-refractivity contribution is 8.13. The van der Waals surface area contributed by atoms with Crippen molar-refractivity contribution in [3.8, 4) is 11.8 Å². The second kappa shape index (κ2) is 5.82. The molecular formula is C10H9ClN2O4S. The maximum Gasteiger partial charge on any atom is 0.286 e. The molecule has 0 saturated carbocycles. The molecule has 0 amide bonds. The average molecular weight is 289 g/mol. The number of nitro benzene ring substituents is 1. The molecule has 0 atom stereocenters. The van der Waals surface area contributed by atoms with Gasteiger partial charge in [-0.3, -0.25) is 10.1 Å². The van der Waals surface area contributed by atoms with Gasteiger partial charge in [-0.2, -0.15) is 0 Å². The topological polar surface area (TPSA) is 89.3 Å². The van der Waals surface area contributed by atoms with Crippen LogP contribution in [-0.4, -0.2) is 26.9 Å². The van der Waals surface area contributed by atoms with Gasteiger partial charge in [0.2, 0.25) is 0 Å². The summed E-state index contributed by atoms with van der Waals surface area (Å²) >= 11 is 0. The predicted molar refractivity (Wildman–Crippen MR) is 66.9 cm³/mol. The molecule has 0 unspecified atom stereocenters. The zero-order valence-corrected chi connectivity index (χ0v) is 10.9. The van der Waals surface area contributed by atoms with E-state index in [4.69, 9.17) is 10.7 Å². The van der Waals surface area contributed by atoms with Gasteiger partial charge < -0.3 is 5.32 Å². The van der Waals surface area contributed by atoms with Gasteiger partial charge in [0.15, 0.2) is 0 Å². The Kier molecular flexibility index (Phi) is 4.67. The molecule has 1 aromatic carbocycles. The van der Waals surface area contributed by atoms with Crippen LogP contribution in [0.5, 0.6) is 0 Å². The van der Waals surface area contributed by atoms with Crippen LogP contribution >= 0.6 is 10.7 Å². The number of nitrogens with one attached hydrogen (secondary N) is 1. The van der Waals surface area contributed by atoms with Gasteiger partial charge in [0.1, 0.15) is 10.5 Å². The summed E-state index contributed by atoms with van der Waals surface area (Å²) in [5.41, 5.74) is -0.590. The molecule has 0 fully saturated rings. The molecule has 1 N–H and O–H groups in total.